The number of halogens is 2. The van der Waals surface area contributed by atoms with Gasteiger partial charge < -0.3 is 5.32 Å². The van der Waals surface area contributed by atoms with Gasteiger partial charge in [-0.3, -0.25) is 5.10 Å². The van der Waals surface area contributed by atoms with Gasteiger partial charge in [-0.25, -0.2) is 8.78 Å². The number of hydrogen-bond acceptors (Lipinski definition) is 2. The summed E-state index contributed by atoms with van der Waals surface area (Å²) in [4.78, 5) is 0. The molecular weight excluding hydrogens is 236 g/mol. The van der Waals surface area contributed by atoms with Crippen LogP contribution in [0.2, 0.25) is 0 Å². The van der Waals surface area contributed by atoms with Crippen molar-refractivity contribution in [2.45, 2.75) is 18.9 Å². The van der Waals surface area contributed by atoms with Crippen molar-refractivity contribution >= 4 is 0 Å². The quantitative estimate of drug-likeness (QED) is 0.859. The summed E-state index contributed by atoms with van der Waals surface area (Å²) in [7, 11) is 0. The van der Waals surface area contributed by atoms with E-state index in [1.165, 1.54) is 6.07 Å². The van der Waals surface area contributed by atoms with Crippen LogP contribution in [0.3, 0.4) is 0 Å². The standard InChI is InChI=1S/C13H13F2N3/c14-8-3-4-11(15)9(6-8)10-7-17-18-13(10)12-2-1-5-16-12/h3-4,6-7,12,16H,1-2,5H2,(H,17,18). The van der Waals surface area contributed by atoms with Crippen LogP contribution in [0.25, 0.3) is 11.1 Å². The van der Waals surface area contributed by atoms with Gasteiger partial charge in [0.1, 0.15) is 11.6 Å². The van der Waals surface area contributed by atoms with Crippen LogP contribution in [0.5, 0.6) is 0 Å². The van der Waals surface area contributed by atoms with Crippen molar-refractivity contribution in [2.75, 3.05) is 6.54 Å². The first-order valence-electron chi connectivity index (χ1n) is 5.98. The molecule has 1 aromatic heterocycles. The number of nitrogens with one attached hydrogen (secondary N) is 2. The largest absolute Gasteiger partial charge is 0.309 e. The Bertz CT molecular complexity index is 559. The van der Waals surface area contributed by atoms with Crippen LogP contribution in [0.15, 0.2) is 24.4 Å². The molecule has 18 heavy (non-hydrogen) atoms. The summed E-state index contributed by atoms with van der Waals surface area (Å²) < 4.78 is 27.0. The highest BCUT2D eigenvalue weighted by molar-refractivity contribution is 5.66. The van der Waals surface area contributed by atoms with Crippen molar-refractivity contribution < 1.29 is 8.78 Å². The van der Waals surface area contributed by atoms with Gasteiger partial charge in [-0.15, -0.1) is 0 Å². The van der Waals surface area contributed by atoms with Gasteiger partial charge in [-0.05, 0) is 37.6 Å². The first kappa shape index (κ1) is 11.3. The van der Waals surface area contributed by atoms with Crippen LogP contribution in [0.4, 0.5) is 8.78 Å². The summed E-state index contributed by atoms with van der Waals surface area (Å²) in [5, 5.41) is 10.2. The topological polar surface area (TPSA) is 40.7 Å². The van der Waals surface area contributed by atoms with Crippen LogP contribution in [0, 0.1) is 11.6 Å². The lowest BCUT2D eigenvalue weighted by Crippen LogP contribution is -2.14. The fourth-order valence-corrected chi connectivity index (χ4v) is 2.41. The molecular formula is C13H13F2N3. The fraction of sp³-hybridized carbons (Fsp3) is 0.308. The van der Waals surface area contributed by atoms with Crippen LogP contribution < -0.4 is 5.32 Å². The molecule has 5 heteroatoms. The first-order valence-corrected chi connectivity index (χ1v) is 5.98. The Morgan fingerprint density at radius 1 is 1.22 bits per heavy atom. The number of nitrogens with zero attached hydrogens (tertiary/aromatic N) is 1. The minimum absolute atomic E-state index is 0.144. The van der Waals surface area contributed by atoms with E-state index < -0.39 is 11.6 Å². The number of benzene rings is 1. The van der Waals surface area contributed by atoms with Crippen molar-refractivity contribution in [3.8, 4) is 11.1 Å². The van der Waals surface area contributed by atoms with Crippen LogP contribution in [-0.2, 0) is 0 Å². The molecule has 2 N–H and O–H groups in total. The molecule has 1 unspecified atom stereocenters. The van der Waals surface area contributed by atoms with Crippen molar-refractivity contribution in [1.82, 2.24) is 15.5 Å². The second-order valence-electron chi connectivity index (χ2n) is 4.47. The molecule has 0 saturated carbocycles. The van der Waals surface area contributed by atoms with E-state index in [1.807, 2.05) is 0 Å². The van der Waals surface area contributed by atoms with E-state index in [2.05, 4.69) is 15.5 Å². The molecule has 1 fully saturated rings. The second-order valence-corrected chi connectivity index (χ2v) is 4.47. The summed E-state index contributed by atoms with van der Waals surface area (Å²) >= 11 is 0. The monoisotopic (exact) mass is 249 g/mol. The van der Waals surface area contributed by atoms with E-state index in [4.69, 9.17) is 0 Å². The number of rotatable bonds is 2. The van der Waals surface area contributed by atoms with Gasteiger partial charge in [0, 0.05) is 17.2 Å². The molecule has 1 aliphatic rings. The molecule has 0 radical (unpaired) electrons. The summed E-state index contributed by atoms with van der Waals surface area (Å²) in [6.07, 6.45) is 3.61. The lowest BCUT2D eigenvalue weighted by atomic mass is 10.0. The zero-order valence-electron chi connectivity index (χ0n) is 9.71. The average molecular weight is 249 g/mol. The summed E-state index contributed by atoms with van der Waals surface area (Å²) in [6, 6.07) is 3.61. The normalized spacial score (nSPS) is 19.3. The van der Waals surface area contributed by atoms with Crippen LogP contribution in [0.1, 0.15) is 24.6 Å². The Morgan fingerprint density at radius 2 is 2.11 bits per heavy atom. The second kappa shape index (κ2) is 4.49. The number of H-pyrrole nitrogens is 1. The van der Waals surface area contributed by atoms with Gasteiger partial charge >= 0.3 is 0 Å². The molecule has 0 spiro atoms. The molecule has 0 bridgehead atoms. The maximum atomic E-state index is 13.8. The van der Waals surface area contributed by atoms with Crippen molar-refractivity contribution in [3.05, 3.63) is 41.7 Å². The van der Waals surface area contributed by atoms with Crippen molar-refractivity contribution in [2.24, 2.45) is 0 Å². The Hall–Kier alpha value is -1.75. The zero-order chi connectivity index (χ0) is 12.5. The van der Waals surface area contributed by atoms with E-state index in [1.54, 1.807) is 6.20 Å². The van der Waals surface area contributed by atoms with E-state index in [9.17, 15) is 8.78 Å². The third-order valence-corrected chi connectivity index (χ3v) is 3.30. The lowest BCUT2D eigenvalue weighted by Gasteiger charge is -2.11. The van der Waals surface area contributed by atoms with E-state index in [0.717, 1.165) is 37.2 Å². The van der Waals surface area contributed by atoms with E-state index in [-0.39, 0.29) is 11.6 Å². The van der Waals surface area contributed by atoms with Gasteiger partial charge in [0.15, 0.2) is 0 Å². The molecule has 3 rings (SSSR count). The Balaban J connectivity index is 2.06. The van der Waals surface area contributed by atoms with Gasteiger partial charge in [-0.2, -0.15) is 5.10 Å². The van der Waals surface area contributed by atoms with Crippen molar-refractivity contribution in [1.29, 1.82) is 0 Å². The zero-order valence-corrected chi connectivity index (χ0v) is 9.71. The summed E-state index contributed by atoms with van der Waals surface area (Å²) in [5.74, 6) is -0.880. The average Bonchev–Trinajstić information content (AvgIpc) is 3.00. The maximum Gasteiger partial charge on any atom is 0.131 e. The number of aromatic nitrogens is 2. The molecule has 2 aromatic rings. The highest BCUT2D eigenvalue weighted by Crippen LogP contribution is 2.32. The molecule has 3 nitrogen and oxygen atoms in total. The fourth-order valence-electron chi connectivity index (χ4n) is 2.41. The molecule has 94 valence electrons. The summed E-state index contributed by atoms with van der Waals surface area (Å²) in [5.41, 5.74) is 1.72. The van der Waals surface area contributed by atoms with Crippen molar-refractivity contribution in [3.63, 3.8) is 0 Å². The molecule has 0 amide bonds. The Morgan fingerprint density at radius 3 is 2.89 bits per heavy atom. The Kier molecular flexibility index (Phi) is 2.83. The third-order valence-electron chi connectivity index (χ3n) is 3.30. The first-order chi connectivity index (χ1) is 8.75. The molecule has 2 heterocycles. The molecule has 1 aromatic carbocycles. The third kappa shape index (κ3) is 1.90. The van der Waals surface area contributed by atoms with E-state index >= 15 is 0 Å². The number of hydrogen-bond donors (Lipinski definition) is 2. The lowest BCUT2D eigenvalue weighted by molar-refractivity contribution is 0.600. The highest BCUT2D eigenvalue weighted by Gasteiger charge is 2.23. The Labute approximate surface area is 103 Å². The predicted octanol–water partition coefficient (Wildman–Crippen LogP) is 2.78. The van der Waals surface area contributed by atoms with Gasteiger partial charge in [0.2, 0.25) is 0 Å². The molecule has 1 saturated heterocycles. The minimum Gasteiger partial charge on any atom is -0.309 e. The molecule has 1 atom stereocenters. The molecule has 1 aliphatic heterocycles. The predicted molar refractivity (Wildman–Crippen MR) is 63.9 cm³/mol. The minimum atomic E-state index is -0.446. The van der Waals surface area contributed by atoms with Gasteiger partial charge in [0.05, 0.1) is 11.9 Å². The smallest absolute Gasteiger partial charge is 0.131 e. The highest BCUT2D eigenvalue weighted by atomic mass is 19.1. The van der Waals surface area contributed by atoms with Gasteiger partial charge in [-0.1, -0.05) is 0 Å². The maximum absolute atomic E-state index is 13.8. The van der Waals surface area contributed by atoms with Crippen LogP contribution in [-0.4, -0.2) is 16.7 Å². The SMILES string of the molecule is Fc1ccc(F)c(-c2cn[nH]c2C2CCCN2)c1. The number of aromatic amines is 1. The van der Waals surface area contributed by atoms with E-state index in [0.29, 0.717) is 5.56 Å². The van der Waals surface area contributed by atoms with Crippen LogP contribution >= 0.6 is 0 Å². The molecule has 0 aliphatic carbocycles. The van der Waals surface area contributed by atoms with Gasteiger partial charge in [0.25, 0.3) is 0 Å². The summed E-state index contributed by atoms with van der Waals surface area (Å²) in [6.45, 7) is 0.939.